The summed E-state index contributed by atoms with van der Waals surface area (Å²) in [6.07, 6.45) is -9.32. The number of hydrogen-bond donors (Lipinski definition) is 2. The second-order valence-electron chi connectivity index (χ2n) is 9.93. The van der Waals surface area contributed by atoms with E-state index in [4.69, 9.17) is 5.11 Å². The quantitative estimate of drug-likeness (QED) is 0.162. The Morgan fingerprint density at radius 1 is 0.733 bits per heavy atom. The van der Waals surface area contributed by atoms with Crippen LogP contribution in [0.2, 0.25) is 0 Å². The molecule has 1 atom stereocenters. The normalized spacial score (nSPS) is 12.3. The number of rotatable bonds is 11. The predicted octanol–water partition coefficient (Wildman–Crippen LogP) is 8.56. The van der Waals surface area contributed by atoms with Gasteiger partial charge in [0, 0.05) is 18.0 Å². The Bertz CT molecular complexity index is 1620. The highest BCUT2D eigenvalue weighted by Gasteiger charge is 2.32. The molecular formula is C33H27F6NO5. The van der Waals surface area contributed by atoms with Crippen LogP contribution in [-0.2, 0) is 4.79 Å². The van der Waals surface area contributed by atoms with Crippen LogP contribution in [0.5, 0.6) is 11.5 Å². The average Bonchev–Trinajstić information content (AvgIpc) is 2.97. The van der Waals surface area contributed by atoms with Gasteiger partial charge in [-0.15, -0.1) is 26.3 Å². The van der Waals surface area contributed by atoms with Crippen LogP contribution in [0.25, 0.3) is 22.3 Å². The third-order valence-corrected chi connectivity index (χ3v) is 6.86. The Kier molecular flexibility index (Phi) is 10.1. The SMILES string of the molecule is CCC(c1ccc(C(=O)NCCC(=O)O)cc1)c1cc(-c2ccc(OC(F)(F)F)cc2)ccc1-c1ccc(OC(F)(F)F)cc1. The van der Waals surface area contributed by atoms with Crippen molar-refractivity contribution in [3.63, 3.8) is 0 Å². The molecule has 1 amide bonds. The lowest BCUT2D eigenvalue weighted by atomic mass is 9.82. The minimum absolute atomic E-state index is 0.0280. The van der Waals surface area contributed by atoms with Gasteiger partial charge in [-0.2, -0.15) is 0 Å². The zero-order chi connectivity index (χ0) is 32.8. The van der Waals surface area contributed by atoms with Gasteiger partial charge < -0.3 is 19.9 Å². The number of carbonyl (C=O) groups excluding carboxylic acids is 1. The molecule has 4 aromatic carbocycles. The van der Waals surface area contributed by atoms with Gasteiger partial charge in [-0.1, -0.05) is 55.5 Å². The summed E-state index contributed by atoms with van der Waals surface area (Å²) in [5.41, 5.74) is 4.53. The maximum absolute atomic E-state index is 12.7. The van der Waals surface area contributed by atoms with E-state index in [1.54, 1.807) is 36.4 Å². The highest BCUT2D eigenvalue weighted by molar-refractivity contribution is 5.94. The zero-order valence-corrected chi connectivity index (χ0v) is 23.7. The summed E-state index contributed by atoms with van der Waals surface area (Å²) in [5.74, 6) is -2.49. The molecule has 45 heavy (non-hydrogen) atoms. The summed E-state index contributed by atoms with van der Waals surface area (Å²) >= 11 is 0. The van der Waals surface area contributed by atoms with E-state index in [0.29, 0.717) is 34.2 Å². The third kappa shape index (κ3) is 9.24. The monoisotopic (exact) mass is 631 g/mol. The molecule has 2 N–H and O–H groups in total. The largest absolute Gasteiger partial charge is 0.573 e. The van der Waals surface area contributed by atoms with Crippen molar-refractivity contribution >= 4 is 11.9 Å². The third-order valence-electron chi connectivity index (χ3n) is 6.86. The molecule has 0 aliphatic rings. The van der Waals surface area contributed by atoms with Crippen molar-refractivity contribution in [1.82, 2.24) is 5.32 Å². The number of ether oxygens (including phenoxy) is 2. The Morgan fingerprint density at radius 3 is 1.73 bits per heavy atom. The highest BCUT2D eigenvalue weighted by Crippen LogP contribution is 2.39. The van der Waals surface area contributed by atoms with Crippen molar-refractivity contribution in [1.29, 1.82) is 0 Å². The first-order chi connectivity index (χ1) is 21.2. The molecule has 6 nitrogen and oxygen atoms in total. The molecule has 0 aliphatic heterocycles. The molecule has 0 heterocycles. The van der Waals surface area contributed by atoms with Gasteiger partial charge in [-0.25, -0.2) is 0 Å². The minimum atomic E-state index is -4.85. The van der Waals surface area contributed by atoms with E-state index in [1.807, 2.05) is 13.0 Å². The molecule has 0 bridgehead atoms. The van der Waals surface area contributed by atoms with E-state index in [1.165, 1.54) is 48.5 Å². The summed E-state index contributed by atoms with van der Waals surface area (Å²) in [6, 6.07) is 23.0. The topological polar surface area (TPSA) is 84.9 Å². The van der Waals surface area contributed by atoms with Gasteiger partial charge in [0.2, 0.25) is 0 Å². The highest BCUT2D eigenvalue weighted by atomic mass is 19.4. The Labute approximate surface area is 254 Å². The Hall–Kier alpha value is -5.00. The van der Waals surface area contributed by atoms with Gasteiger partial charge in [-0.05, 0) is 82.3 Å². The summed E-state index contributed by atoms with van der Waals surface area (Å²) < 4.78 is 84.0. The minimum Gasteiger partial charge on any atom is -0.481 e. The van der Waals surface area contributed by atoms with Gasteiger partial charge in [0.25, 0.3) is 5.91 Å². The standard InChI is InChI=1S/C33H27F6NO5/c1-2-27(21-3-5-23(6-4-21)31(43)40-18-17-30(41)42)29-19-24(20-7-12-25(13-8-20)44-32(34,35)36)11-16-28(29)22-9-14-26(15-10-22)45-33(37,38)39/h3-16,19,27H,2,17-18H2,1H3,(H,40,43)(H,41,42). The van der Waals surface area contributed by atoms with E-state index in [-0.39, 0.29) is 30.4 Å². The number of alkyl halides is 6. The maximum Gasteiger partial charge on any atom is 0.573 e. The lowest BCUT2D eigenvalue weighted by Crippen LogP contribution is -2.25. The molecule has 0 saturated heterocycles. The van der Waals surface area contributed by atoms with Crippen molar-refractivity contribution in [3.05, 3.63) is 108 Å². The molecule has 4 aromatic rings. The average molecular weight is 632 g/mol. The summed E-state index contributed by atoms with van der Waals surface area (Å²) in [7, 11) is 0. The summed E-state index contributed by atoms with van der Waals surface area (Å²) in [6.45, 7) is 1.91. The van der Waals surface area contributed by atoms with Gasteiger partial charge in [0.1, 0.15) is 11.5 Å². The van der Waals surface area contributed by atoms with Gasteiger partial charge in [0.15, 0.2) is 0 Å². The first-order valence-electron chi connectivity index (χ1n) is 13.7. The molecule has 0 fully saturated rings. The first kappa shape index (κ1) is 32.9. The predicted molar refractivity (Wildman–Crippen MR) is 154 cm³/mol. The molecule has 0 spiro atoms. The van der Waals surface area contributed by atoms with Gasteiger partial charge >= 0.3 is 18.7 Å². The molecule has 0 radical (unpaired) electrons. The number of benzene rings is 4. The molecule has 0 aliphatic carbocycles. The maximum atomic E-state index is 12.7. The number of carboxylic acids is 1. The van der Waals surface area contributed by atoms with Gasteiger partial charge in [-0.3, -0.25) is 9.59 Å². The van der Waals surface area contributed by atoms with Crippen LogP contribution in [0.4, 0.5) is 26.3 Å². The van der Waals surface area contributed by atoms with Crippen LogP contribution < -0.4 is 14.8 Å². The summed E-state index contributed by atoms with van der Waals surface area (Å²) in [5, 5.41) is 11.3. The Morgan fingerprint density at radius 2 is 1.24 bits per heavy atom. The molecule has 236 valence electrons. The fourth-order valence-electron chi connectivity index (χ4n) is 4.87. The van der Waals surface area contributed by atoms with Crippen molar-refractivity contribution in [2.45, 2.75) is 38.4 Å². The molecule has 0 aromatic heterocycles. The molecule has 0 saturated carbocycles. The smallest absolute Gasteiger partial charge is 0.481 e. The number of amides is 1. The van der Waals surface area contributed by atoms with Gasteiger partial charge in [0.05, 0.1) is 6.42 Å². The fraction of sp³-hybridized carbons (Fsp3) is 0.212. The zero-order valence-electron chi connectivity index (χ0n) is 23.7. The van der Waals surface area contributed by atoms with Crippen LogP contribution in [0.15, 0.2) is 91.0 Å². The number of carboxylic acid groups (broad SMARTS) is 1. The summed E-state index contributed by atoms with van der Waals surface area (Å²) in [4.78, 5) is 23.2. The molecular weight excluding hydrogens is 604 g/mol. The molecule has 1 unspecified atom stereocenters. The fourth-order valence-corrected chi connectivity index (χ4v) is 4.87. The van der Waals surface area contributed by atoms with Crippen LogP contribution in [-0.4, -0.2) is 36.3 Å². The molecule has 4 rings (SSSR count). The lowest BCUT2D eigenvalue weighted by molar-refractivity contribution is -0.275. The van der Waals surface area contributed by atoms with E-state index < -0.39 is 24.6 Å². The van der Waals surface area contributed by atoms with E-state index in [0.717, 1.165) is 11.1 Å². The second kappa shape index (κ2) is 13.7. The molecule has 12 heteroatoms. The van der Waals surface area contributed by atoms with E-state index in [2.05, 4.69) is 14.8 Å². The number of aliphatic carboxylic acids is 1. The van der Waals surface area contributed by atoms with Crippen molar-refractivity contribution in [2.24, 2.45) is 0 Å². The Balaban J connectivity index is 1.72. The van der Waals surface area contributed by atoms with Crippen molar-refractivity contribution < 1.29 is 50.5 Å². The van der Waals surface area contributed by atoms with Crippen molar-refractivity contribution in [3.8, 4) is 33.8 Å². The number of halogens is 6. The number of carbonyl (C=O) groups is 2. The van der Waals surface area contributed by atoms with E-state index in [9.17, 15) is 35.9 Å². The van der Waals surface area contributed by atoms with Crippen LogP contribution in [0, 0.1) is 0 Å². The van der Waals surface area contributed by atoms with Crippen LogP contribution >= 0.6 is 0 Å². The van der Waals surface area contributed by atoms with Crippen LogP contribution in [0.1, 0.15) is 47.2 Å². The van der Waals surface area contributed by atoms with E-state index >= 15 is 0 Å². The second-order valence-corrected chi connectivity index (χ2v) is 9.93. The number of hydrogen-bond acceptors (Lipinski definition) is 4. The lowest BCUT2D eigenvalue weighted by Gasteiger charge is -2.22. The van der Waals surface area contributed by atoms with Crippen LogP contribution in [0.3, 0.4) is 0 Å². The number of nitrogens with one attached hydrogen (secondary N) is 1. The first-order valence-corrected chi connectivity index (χ1v) is 13.7. The van der Waals surface area contributed by atoms with Crippen molar-refractivity contribution in [2.75, 3.05) is 6.54 Å².